The SMILES string of the molecule is CC[C@H](C)[C@@H](NC(=O)c1cc(COC)on1)C(=O)O. The average Bonchev–Trinajstić information content (AvgIpc) is 2.83. The molecule has 1 aromatic heterocycles. The van der Waals surface area contributed by atoms with Crippen molar-refractivity contribution in [3.63, 3.8) is 0 Å². The maximum absolute atomic E-state index is 11.9. The predicted molar refractivity (Wildman–Crippen MR) is 65.6 cm³/mol. The summed E-state index contributed by atoms with van der Waals surface area (Å²) in [6.07, 6.45) is 0.644. The molecule has 0 fully saturated rings. The summed E-state index contributed by atoms with van der Waals surface area (Å²) >= 11 is 0. The normalized spacial score (nSPS) is 13.8. The van der Waals surface area contributed by atoms with Crippen molar-refractivity contribution in [1.82, 2.24) is 10.5 Å². The minimum absolute atomic E-state index is 0.0432. The van der Waals surface area contributed by atoms with Gasteiger partial charge >= 0.3 is 5.97 Å². The number of carbonyl (C=O) groups is 2. The van der Waals surface area contributed by atoms with Gasteiger partial charge in [-0.05, 0) is 5.92 Å². The Morgan fingerprint density at radius 3 is 2.79 bits per heavy atom. The smallest absolute Gasteiger partial charge is 0.326 e. The zero-order chi connectivity index (χ0) is 14.4. The predicted octanol–water partition coefficient (Wildman–Crippen LogP) is 1.05. The van der Waals surface area contributed by atoms with E-state index in [-0.39, 0.29) is 18.2 Å². The molecule has 0 unspecified atom stereocenters. The molecule has 2 atom stereocenters. The number of amides is 1. The number of aliphatic carboxylic acids is 1. The maximum Gasteiger partial charge on any atom is 0.326 e. The summed E-state index contributed by atoms with van der Waals surface area (Å²) in [4.78, 5) is 23.0. The highest BCUT2D eigenvalue weighted by Gasteiger charge is 2.26. The third kappa shape index (κ3) is 4.06. The Hall–Kier alpha value is -1.89. The zero-order valence-electron chi connectivity index (χ0n) is 11.2. The van der Waals surface area contributed by atoms with Crippen LogP contribution in [-0.4, -0.2) is 35.3 Å². The van der Waals surface area contributed by atoms with Gasteiger partial charge < -0.3 is 19.7 Å². The van der Waals surface area contributed by atoms with Crippen LogP contribution < -0.4 is 5.32 Å². The average molecular weight is 270 g/mol. The summed E-state index contributed by atoms with van der Waals surface area (Å²) in [5, 5.41) is 15.1. The molecule has 0 radical (unpaired) electrons. The first-order valence-electron chi connectivity index (χ1n) is 5.97. The van der Waals surface area contributed by atoms with Crippen LogP contribution >= 0.6 is 0 Å². The van der Waals surface area contributed by atoms with Crippen molar-refractivity contribution in [2.45, 2.75) is 32.9 Å². The second-order valence-corrected chi connectivity index (χ2v) is 4.29. The van der Waals surface area contributed by atoms with Crippen molar-refractivity contribution in [2.24, 2.45) is 5.92 Å². The monoisotopic (exact) mass is 270 g/mol. The number of rotatable bonds is 7. The first-order chi connectivity index (χ1) is 8.99. The number of nitrogens with zero attached hydrogens (tertiary/aromatic N) is 1. The maximum atomic E-state index is 11.9. The molecular weight excluding hydrogens is 252 g/mol. The van der Waals surface area contributed by atoms with Crippen molar-refractivity contribution >= 4 is 11.9 Å². The Morgan fingerprint density at radius 2 is 2.26 bits per heavy atom. The van der Waals surface area contributed by atoms with Crippen molar-refractivity contribution in [1.29, 1.82) is 0 Å². The van der Waals surface area contributed by atoms with Gasteiger partial charge in [0.15, 0.2) is 11.5 Å². The number of carboxylic acids is 1. The van der Waals surface area contributed by atoms with Gasteiger partial charge in [-0.15, -0.1) is 0 Å². The molecule has 0 aliphatic rings. The second kappa shape index (κ2) is 6.89. The highest BCUT2D eigenvalue weighted by atomic mass is 16.5. The van der Waals surface area contributed by atoms with E-state index in [0.29, 0.717) is 12.2 Å². The van der Waals surface area contributed by atoms with Crippen LogP contribution in [-0.2, 0) is 16.1 Å². The van der Waals surface area contributed by atoms with E-state index in [4.69, 9.17) is 14.4 Å². The number of nitrogens with one attached hydrogen (secondary N) is 1. The van der Waals surface area contributed by atoms with Crippen LogP contribution in [0, 0.1) is 5.92 Å². The zero-order valence-corrected chi connectivity index (χ0v) is 11.2. The van der Waals surface area contributed by atoms with Crippen LogP contribution in [0.5, 0.6) is 0 Å². The topological polar surface area (TPSA) is 102 Å². The number of carboxylic acid groups (broad SMARTS) is 1. The third-order valence-corrected chi connectivity index (χ3v) is 2.84. The highest BCUT2D eigenvalue weighted by molar-refractivity contribution is 5.94. The van der Waals surface area contributed by atoms with Gasteiger partial charge in [-0.2, -0.15) is 0 Å². The molecule has 1 heterocycles. The quantitative estimate of drug-likeness (QED) is 0.767. The summed E-state index contributed by atoms with van der Waals surface area (Å²) in [7, 11) is 1.49. The summed E-state index contributed by atoms with van der Waals surface area (Å²) in [6.45, 7) is 3.83. The molecule has 1 rings (SSSR count). The third-order valence-electron chi connectivity index (χ3n) is 2.84. The van der Waals surface area contributed by atoms with E-state index in [1.54, 1.807) is 6.92 Å². The Balaban J connectivity index is 2.73. The lowest BCUT2D eigenvalue weighted by molar-refractivity contribution is -0.140. The first kappa shape index (κ1) is 15.2. The fourth-order valence-corrected chi connectivity index (χ4v) is 1.53. The number of carbonyl (C=O) groups excluding carboxylic acids is 1. The number of aromatic nitrogens is 1. The standard InChI is InChI=1S/C12H18N2O5/c1-4-7(2)10(12(16)17)13-11(15)9-5-8(6-18-3)19-14-9/h5,7,10H,4,6H2,1-3H3,(H,13,15)(H,16,17)/t7-,10+/m0/s1. The fourth-order valence-electron chi connectivity index (χ4n) is 1.53. The van der Waals surface area contributed by atoms with Crippen molar-refractivity contribution < 1.29 is 24.0 Å². The summed E-state index contributed by atoms with van der Waals surface area (Å²) < 4.78 is 9.71. The van der Waals surface area contributed by atoms with Gasteiger partial charge in [-0.25, -0.2) is 4.79 Å². The summed E-state index contributed by atoms with van der Waals surface area (Å²) in [6, 6.07) is 0.481. The van der Waals surface area contributed by atoms with Gasteiger partial charge in [-0.3, -0.25) is 4.79 Å². The molecule has 19 heavy (non-hydrogen) atoms. The number of methoxy groups -OCH3 is 1. The lowest BCUT2D eigenvalue weighted by atomic mass is 9.99. The minimum Gasteiger partial charge on any atom is -0.480 e. The molecule has 0 aromatic carbocycles. The van der Waals surface area contributed by atoms with E-state index in [0.717, 1.165) is 0 Å². The Bertz CT molecular complexity index is 443. The Kier molecular flexibility index (Phi) is 5.50. The second-order valence-electron chi connectivity index (χ2n) is 4.29. The van der Waals surface area contributed by atoms with Crippen molar-refractivity contribution in [3.8, 4) is 0 Å². The summed E-state index contributed by atoms with van der Waals surface area (Å²) in [5.41, 5.74) is 0.0432. The van der Waals surface area contributed by atoms with Gasteiger partial charge in [0, 0.05) is 13.2 Å². The number of hydrogen-bond donors (Lipinski definition) is 2. The van der Waals surface area contributed by atoms with E-state index >= 15 is 0 Å². The molecule has 0 saturated carbocycles. The van der Waals surface area contributed by atoms with Crippen LogP contribution in [0.3, 0.4) is 0 Å². The minimum atomic E-state index is -1.07. The Morgan fingerprint density at radius 1 is 1.58 bits per heavy atom. The van der Waals surface area contributed by atoms with Gasteiger partial charge in [-0.1, -0.05) is 25.4 Å². The lowest BCUT2D eigenvalue weighted by Crippen LogP contribution is -2.45. The van der Waals surface area contributed by atoms with Gasteiger partial charge in [0.25, 0.3) is 5.91 Å². The molecule has 1 aromatic rings. The van der Waals surface area contributed by atoms with Crippen LogP contribution in [0.15, 0.2) is 10.6 Å². The molecule has 0 spiro atoms. The number of ether oxygens (including phenoxy) is 1. The molecular formula is C12H18N2O5. The molecule has 0 bridgehead atoms. The van der Waals surface area contributed by atoms with Crippen LogP contribution in [0.4, 0.5) is 0 Å². The number of hydrogen-bond acceptors (Lipinski definition) is 5. The molecule has 0 aliphatic carbocycles. The van der Waals surface area contributed by atoms with Crippen molar-refractivity contribution in [2.75, 3.05) is 7.11 Å². The largest absolute Gasteiger partial charge is 0.480 e. The molecule has 0 aliphatic heterocycles. The van der Waals surface area contributed by atoms with E-state index in [9.17, 15) is 9.59 Å². The van der Waals surface area contributed by atoms with Gasteiger partial charge in [0.2, 0.25) is 0 Å². The molecule has 7 heteroatoms. The van der Waals surface area contributed by atoms with E-state index in [1.807, 2.05) is 6.92 Å². The fraction of sp³-hybridized carbons (Fsp3) is 0.583. The van der Waals surface area contributed by atoms with Crippen LogP contribution in [0.1, 0.15) is 36.5 Å². The molecule has 7 nitrogen and oxygen atoms in total. The van der Waals surface area contributed by atoms with E-state index in [2.05, 4.69) is 10.5 Å². The molecule has 1 amide bonds. The van der Waals surface area contributed by atoms with E-state index < -0.39 is 17.9 Å². The summed E-state index contributed by atoms with van der Waals surface area (Å²) in [5.74, 6) is -1.41. The Labute approximate surface area is 110 Å². The molecule has 0 saturated heterocycles. The first-order valence-corrected chi connectivity index (χ1v) is 5.97. The lowest BCUT2D eigenvalue weighted by Gasteiger charge is -2.19. The van der Waals surface area contributed by atoms with E-state index in [1.165, 1.54) is 13.2 Å². The van der Waals surface area contributed by atoms with Crippen molar-refractivity contribution in [3.05, 3.63) is 17.5 Å². The molecule has 106 valence electrons. The van der Waals surface area contributed by atoms with Gasteiger partial charge in [0.05, 0.1) is 0 Å². The van der Waals surface area contributed by atoms with Crippen LogP contribution in [0.25, 0.3) is 0 Å². The van der Waals surface area contributed by atoms with Gasteiger partial charge in [0.1, 0.15) is 12.6 Å². The highest BCUT2D eigenvalue weighted by Crippen LogP contribution is 2.10. The van der Waals surface area contributed by atoms with Crippen LogP contribution in [0.2, 0.25) is 0 Å². The molecule has 2 N–H and O–H groups in total.